The van der Waals surface area contributed by atoms with Gasteiger partial charge in [0.15, 0.2) is 0 Å². The number of halogens is 1. The molecule has 0 saturated heterocycles. The van der Waals surface area contributed by atoms with E-state index in [1.165, 1.54) is 24.3 Å². The number of hydrogen-bond donors (Lipinski definition) is 2. The minimum absolute atomic E-state index is 0.235. The first-order valence-corrected chi connectivity index (χ1v) is 8.44. The molecule has 6 nitrogen and oxygen atoms in total. The molecule has 0 heterocycles. The lowest BCUT2D eigenvalue weighted by Crippen LogP contribution is -2.14. The van der Waals surface area contributed by atoms with Crippen molar-refractivity contribution in [2.45, 2.75) is 0 Å². The van der Waals surface area contributed by atoms with Crippen molar-refractivity contribution in [3.8, 4) is 0 Å². The van der Waals surface area contributed by atoms with Gasteiger partial charge in [-0.15, -0.1) is 11.6 Å². The van der Waals surface area contributed by atoms with Gasteiger partial charge in [-0.25, -0.2) is 16.8 Å². The predicted molar refractivity (Wildman–Crippen MR) is 68.2 cm³/mol. The summed E-state index contributed by atoms with van der Waals surface area (Å²) in [6.45, 7) is 0. The van der Waals surface area contributed by atoms with E-state index in [0.29, 0.717) is 0 Å². The molecule has 0 unspecified atom stereocenters. The van der Waals surface area contributed by atoms with Crippen LogP contribution in [0, 0.1) is 0 Å². The van der Waals surface area contributed by atoms with Crippen LogP contribution < -0.4 is 9.44 Å². The Morgan fingerprint density at radius 1 is 1.12 bits per heavy atom. The van der Waals surface area contributed by atoms with Gasteiger partial charge in [-0.05, 0) is 18.2 Å². The SMILES string of the molecule is CS(=O)(=O)Nc1cccc(NS(=O)(=O)CCl)c1. The van der Waals surface area contributed by atoms with Crippen molar-refractivity contribution in [3.05, 3.63) is 24.3 Å². The van der Waals surface area contributed by atoms with E-state index >= 15 is 0 Å². The predicted octanol–water partition coefficient (Wildman–Crippen LogP) is 0.996. The molecule has 9 heteroatoms. The zero-order chi connectivity index (χ0) is 13.1. The molecular weight excluding hydrogens is 288 g/mol. The van der Waals surface area contributed by atoms with Crippen LogP contribution in [0.1, 0.15) is 0 Å². The third-order valence-corrected chi connectivity index (χ3v) is 3.89. The van der Waals surface area contributed by atoms with Crippen molar-refractivity contribution < 1.29 is 16.8 Å². The molecule has 1 aromatic carbocycles. The Balaban J connectivity index is 2.95. The highest BCUT2D eigenvalue weighted by atomic mass is 35.5. The average Bonchev–Trinajstić information content (AvgIpc) is 2.14. The molecular formula is C8H11ClN2O4S2. The van der Waals surface area contributed by atoms with E-state index in [2.05, 4.69) is 9.44 Å². The number of sulfonamides is 2. The molecule has 0 radical (unpaired) electrons. The molecule has 0 spiro atoms. The molecule has 0 bridgehead atoms. The number of alkyl halides is 1. The standard InChI is InChI=1S/C8H11ClN2O4S2/c1-16(12,13)10-7-3-2-4-8(5-7)11-17(14,15)6-9/h2-5,10-11H,6H2,1H3. The summed E-state index contributed by atoms with van der Waals surface area (Å²) in [6, 6.07) is 5.85. The van der Waals surface area contributed by atoms with Crippen LogP contribution in [0.5, 0.6) is 0 Å². The zero-order valence-corrected chi connectivity index (χ0v) is 11.2. The van der Waals surface area contributed by atoms with Gasteiger partial charge >= 0.3 is 0 Å². The minimum atomic E-state index is -3.59. The Hall–Kier alpha value is -0.990. The molecule has 0 aliphatic heterocycles. The molecule has 17 heavy (non-hydrogen) atoms. The highest BCUT2D eigenvalue weighted by Gasteiger charge is 2.09. The summed E-state index contributed by atoms with van der Waals surface area (Å²) in [5.41, 5.74) is 0.501. The molecule has 0 amide bonds. The highest BCUT2D eigenvalue weighted by molar-refractivity contribution is 7.93. The monoisotopic (exact) mass is 298 g/mol. The number of benzene rings is 1. The topological polar surface area (TPSA) is 92.3 Å². The summed E-state index contributed by atoms with van der Waals surface area (Å²) in [4.78, 5) is 0. The lowest BCUT2D eigenvalue weighted by Gasteiger charge is -2.08. The number of anilines is 2. The fraction of sp³-hybridized carbons (Fsp3) is 0.250. The quantitative estimate of drug-likeness (QED) is 0.793. The Kier molecular flexibility index (Phi) is 4.23. The van der Waals surface area contributed by atoms with Gasteiger partial charge in [0, 0.05) is 0 Å². The number of nitrogens with one attached hydrogen (secondary N) is 2. The maximum atomic E-state index is 11.2. The maximum Gasteiger partial charge on any atom is 0.246 e. The van der Waals surface area contributed by atoms with Gasteiger partial charge in [-0.1, -0.05) is 6.07 Å². The summed E-state index contributed by atoms with van der Waals surface area (Å²) in [5, 5.41) is -0.573. The van der Waals surface area contributed by atoms with Crippen molar-refractivity contribution in [2.75, 3.05) is 20.9 Å². The first-order chi connectivity index (χ1) is 7.72. The van der Waals surface area contributed by atoms with E-state index in [-0.39, 0.29) is 11.4 Å². The third-order valence-electron chi connectivity index (χ3n) is 1.58. The summed E-state index contributed by atoms with van der Waals surface area (Å²) in [7, 11) is -6.99. The molecule has 0 fully saturated rings. The summed E-state index contributed by atoms with van der Waals surface area (Å²) >= 11 is 5.23. The van der Waals surface area contributed by atoms with Gasteiger partial charge in [0.1, 0.15) is 5.21 Å². The van der Waals surface area contributed by atoms with Crippen LogP contribution in [0.3, 0.4) is 0 Å². The van der Waals surface area contributed by atoms with E-state index in [0.717, 1.165) is 6.26 Å². The molecule has 1 aromatic rings. The van der Waals surface area contributed by atoms with Crippen LogP contribution in [-0.4, -0.2) is 28.3 Å². The number of rotatable bonds is 5. The van der Waals surface area contributed by atoms with Gasteiger partial charge < -0.3 is 0 Å². The normalized spacial score (nSPS) is 12.1. The Bertz CT molecular complexity index is 598. The summed E-state index contributed by atoms with van der Waals surface area (Å²) in [6.07, 6.45) is 1.00. The maximum absolute atomic E-state index is 11.2. The molecule has 0 atom stereocenters. The van der Waals surface area contributed by atoms with E-state index in [4.69, 9.17) is 11.6 Å². The van der Waals surface area contributed by atoms with Crippen LogP contribution in [0.4, 0.5) is 11.4 Å². The second kappa shape index (κ2) is 5.11. The molecule has 0 aromatic heterocycles. The van der Waals surface area contributed by atoms with Gasteiger partial charge in [-0.2, -0.15) is 0 Å². The summed E-state index contributed by atoms with van der Waals surface area (Å²) in [5.74, 6) is 0. The molecule has 0 aliphatic rings. The van der Waals surface area contributed by atoms with Gasteiger partial charge in [-0.3, -0.25) is 9.44 Å². The van der Waals surface area contributed by atoms with E-state index in [1.807, 2.05) is 0 Å². The van der Waals surface area contributed by atoms with Crippen LogP contribution >= 0.6 is 11.6 Å². The van der Waals surface area contributed by atoms with Crippen molar-refractivity contribution >= 4 is 43.0 Å². The Labute approximate surface area is 105 Å². The van der Waals surface area contributed by atoms with Crippen LogP contribution in [0.15, 0.2) is 24.3 Å². The van der Waals surface area contributed by atoms with Gasteiger partial charge in [0.05, 0.1) is 17.6 Å². The Morgan fingerprint density at radius 3 is 2.12 bits per heavy atom. The number of hydrogen-bond acceptors (Lipinski definition) is 4. The van der Waals surface area contributed by atoms with Gasteiger partial charge in [0.2, 0.25) is 20.0 Å². The van der Waals surface area contributed by atoms with Crippen LogP contribution in [0.2, 0.25) is 0 Å². The van der Waals surface area contributed by atoms with Crippen molar-refractivity contribution in [3.63, 3.8) is 0 Å². The van der Waals surface area contributed by atoms with Crippen molar-refractivity contribution in [1.29, 1.82) is 0 Å². The largest absolute Gasteiger partial charge is 0.284 e. The molecule has 0 saturated carbocycles. The summed E-state index contributed by atoms with van der Waals surface area (Å²) < 4.78 is 48.8. The second-order valence-corrected chi connectivity index (χ2v) is 7.34. The fourth-order valence-electron chi connectivity index (χ4n) is 1.07. The smallest absolute Gasteiger partial charge is 0.246 e. The first kappa shape index (κ1) is 14.1. The highest BCUT2D eigenvalue weighted by Crippen LogP contribution is 2.17. The second-order valence-electron chi connectivity index (χ2n) is 3.28. The first-order valence-electron chi connectivity index (χ1n) is 4.36. The molecule has 2 N–H and O–H groups in total. The molecule has 96 valence electrons. The van der Waals surface area contributed by atoms with Crippen LogP contribution in [-0.2, 0) is 20.0 Å². The lowest BCUT2D eigenvalue weighted by atomic mass is 10.3. The average molecular weight is 299 g/mol. The lowest BCUT2D eigenvalue weighted by molar-refractivity contribution is 0.604. The van der Waals surface area contributed by atoms with Crippen molar-refractivity contribution in [2.24, 2.45) is 0 Å². The van der Waals surface area contributed by atoms with E-state index in [1.54, 1.807) is 0 Å². The zero-order valence-electron chi connectivity index (χ0n) is 8.84. The van der Waals surface area contributed by atoms with Crippen LogP contribution in [0.25, 0.3) is 0 Å². The molecule has 1 rings (SSSR count). The van der Waals surface area contributed by atoms with Crippen molar-refractivity contribution in [1.82, 2.24) is 0 Å². The third kappa shape index (κ3) is 5.24. The fourth-order valence-corrected chi connectivity index (χ4v) is 2.33. The van der Waals surface area contributed by atoms with E-state index in [9.17, 15) is 16.8 Å². The molecule has 0 aliphatic carbocycles. The minimum Gasteiger partial charge on any atom is -0.284 e. The van der Waals surface area contributed by atoms with Gasteiger partial charge in [0.25, 0.3) is 0 Å². The Morgan fingerprint density at radius 2 is 1.65 bits per heavy atom. The van der Waals surface area contributed by atoms with E-state index < -0.39 is 25.3 Å².